The Morgan fingerprint density at radius 3 is 2.32 bits per heavy atom. The zero-order chi connectivity index (χ0) is 22.4. The lowest BCUT2D eigenvalue weighted by Crippen LogP contribution is -2.50. The van der Waals surface area contributed by atoms with E-state index >= 15 is 0 Å². The predicted octanol–water partition coefficient (Wildman–Crippen LogP) is 3.30. The van der Waals surface area contributed by atoms with Gasteiger partial charge >= 0.3 is 6.09 Å². The number of ether oxygens (including phenoxy) is 2. The van der Waals surface area contributed by atoms with Crippen LogP contribution in [0.5, 0.6) is 5.75 Å². The molecular formula is C22H27FN4O4. The van der Waals surface area contributed by atoms with Crippen molar-refractivity contribution in [1.29, 1.82) is 0 Å². The van der Waals surface area contributed by atoms with E-state index in [9.17, 15) is 14.0 Å². The number of piperazine rings is 1. The third-order valence-electron chi connectivity index (χ3n) is 4.50. The highest BCUT2D eigenvalue weighted by Gasteiger charge is 2.26. The summed E-state index contributed by atoms with van der Waals surface area (Å²) >= 11 is 0. The molecule has 0 atom stereocenters. The maximum Gasteiger partial charge on any atom is 0.410 e. The molecule has 9 heteroatoms. The van der Waals surface area contributed by atoms with Gasteiger partial charge < -0.3 is 24.6 Å². The smallest absolute Gasteiger partial charge is 0.410 e. The van der Waals surface area contributed by atoms with Crippen molar-refractivity contribution in [2.75, 3.05) is 43.0 Å². The van der Waals surface area contributed by atoms with E-state index in [4.69, 9.17) is 9.47 Å². The van der Waals surface area contributed by atoms with Crippen molar-refractivity contribution in [3.8, 4) is 5.75 Å². The van der Waals surface area contributed by atoms with Crippen LogP contribution in [0.25, 0.3) is 0 Å². The number of pyridine rings is 1. The van der Waals surface area contributed by atoms with Gasteiger partial charge in [0.15, 0.2) is 6.61 Å². The van der Waals surface area contributed by atoms with Crippen LogP contribution in [0, 0.1) is 5.82 Å². The van der Waals surface area contributed by atoms with Gasteiger partial charge in [-0.05, 0) is 57.2 Å². The predicted molar refractivity (Wildman–Crippen MR) is 115 cm³/mol. The molecule has 2 aromatic rings. The van der Waals surface area contributed by atoms with Crippen molar-refractivity contribution in [2.45, 2.75) is 26.4 Å². The van der Waals surface area contributed by atoms with E-state index < -0.39 is 5.60 Å². The summed E-state index contributed by atoms with van der Waals surface area (Å²) in [4.78, 5) is 32.3. The summed E-state index contributed by atoms with van der Waals surface area (Å²) in [6, 6.07) is 9.02. The third-order valence-corrected chi connectivity index (χ3v) is 4.50. The van der Waals surface area contributed by atoms with E-state index in [0.29, 0.717) is 37.7 Å². The Kier molecular flexibility index (Phi) is 6.94. The molecule has 166 valence electrons. The first-order valence-electron chi connectivity index (χ1n) is 10.1. The summed E-state index contributed by atoms with van der Waals surface area (Å²) in [5.41, 5.74) is 0.395. The van der Waals surface area contributed by atoms with Crippen LogP contribution in [0.2, 0.25) is 0 Å². The Balaban J connectivity index is 1.45. The minimum atomic E-state index is -0.511. The largest absolute Gasteiger partial charge is 0.484 e. The number of carbonyl (C=O) groups is 2. The molecule has 1 saturated heterocycles. The molecule has 0 saturated carbocycles. The van der Waals surface area contributed by atoms with Crippen molar-refractivity contribution >= 4 is 23.5 Å². The summed E-state index contributed by atoms with van der Waals surface area (Å²) in [6.45, 7) is 7.80. The average molecular weight is 430 g/mol. The molecule has 1 N–H and O–H groups in total. The number of nitrogens with zero attached hydrogens (tertiary/aromatic N) is 3. The fourth-order valence-electron chi connectivity index (χ4n) is 2.98. The number of carbonyl (C=O) groups excluding carboxylic acids is 2. The Morgan fingerprint density at radius 1 is 1.06 bits per heavy atom. The van der Waals surface area contributed by atoms with Crippen LogP contribution in [0.15, 0.2) is 42.6 Å². The van der Waals surface area contributed by atoms with Gasteiger partial charge in [-0.2, -0.15) is 0 Å². The van der Waals surface area contributed by atoms with E-state index in [0.717, 1.165) is 5.69 Å². The van der Waals surface area contributed by atoms with Crippen LogP contribution in [0.1, 0.15) is 20.8 Å². The number of nitrogens with one attached hydrogen (secondary N) is 1. The van der Waals surface area contributed by atoms with Gasteiger partial charge in [-0.25, -0.2) is 14.2 Å². The minimum Gasteiger partial charge on any atom is -0.484 e. The van der Waals surface area contributed by atoms with Gasteiger partial charge in [0.2, 0.25) is 0 Å². The van der Waals surface area contributed by atoms with E-state index in [1.165, 1.54) is 24.3 Å². The van der Waals surface area contributed by atoms with Crippen molar-refractivity contribution in [3.63, 3.8) is 0 Å². The molecule has 1 aromatic heterocycles. The van der Waals surface area contributed by atoms with Crippen molar-refractivity contribution < 1.29 is 23.5 Å². The molecule has 2 heterocycles. The summed E-state index contributed by atoms with van der Waals surface area (Å²) in [7, 11) is 0. The second-order valence-electron chi connectivity index (χ2n) is 8.15. The molecule has 0 aliphatic carbocycles. The number of hydrogen-bond acceptors (Lipinski definition) is 6. The summed E-state index contributed by atoms with van der Waals surface area (Å²) < 4.78 is 23.6. The molecule has 0 radical (unpaired) electrons. The lowest BCUT2D eigenvalue weighted by molar-refractivity contribution is -0.118. The Hall–Kier alpha value is -3.36. The maximum atomic E-state index is 12.9. The molecule has 3 rings (SSSR count). The molecule has 0 bridgehead atoms. The fourth-order valence-corrected chi connectivity index (χ4v) is 2.98. The lowest BCUT2D eigenvalue weighted by Gasteiger charge is -2.36. The van der Waals surface area contributed by atoms with Gasteiger partial charge in [-0.1, -0.05) is 0 Å². The number of anilines is 2. The van der Waals surface area contributed by atoms with Crippen molar-refractivity contribution in [2.24, 2.45) is 0 Å². The van der Waals surface area contributed by atoms with Crippen molar-refractivity contribution in [1.82, 2.24) is 9.88 Å². The van der Waals surface area contributed by atoms with Crippen LogP contribution in [-0.2, 0) is 9.53 Å². The van der Waals surface area contributed by atoms with E-state index in [-0.39, 0.29) is 24.4 Å². The second-order valence-corrected chi connectivity index (χ2v) is 8.15. The number of halogens is 1. The number of amides is 2. The number of rotatable bonds is 5. The first-order chi connectivity index (χ1) is 14.7. The number of aromatic nitrogens is 1. The topological polar surface area (TPSA) is 84.0 Å². The zero-order valence-corrected chi connectivity index (χ0v) is 17.9. The van der Waals surface area contributed by atoms with Gasteiger partial charge in [0, 0.05) is 26.2 Å². The molecule has 31 heavy (non-hydrogen) atoms. The highest BCUT2D eigenvalue weighted by atomic mass is 19.1. The van der Waals surface area contributed by atoms with Crippen molar-refractivity contribution in [3.05, 3.63) is 48.4 Å². The van der Waals surface area contributed by atoms with Crippen LogP contribution in [0.4, 0.5) is 20.7 Å². The van der Waals surface area contributed by atoms with Gasteiger partial charge in [0.05, 0.1) is 11.9 Å². The summed E-state index contributed by atoms with van der Waals surface area (Å²) in [5, 5.41) is 2.66. The van der Waals surface area contributed by atoms with Crippen LogP contribution < -0.4 is 15.0 Å². The molecular weight excluding hydrogens is 403 g/mol. The standard InChI is InChI=1S/C22H27FN4O4/c1-22(2,3)31-21(29)27-12-10-26(11-13-27)17-6-9-19(24-14-17)25-20(28)15-30-18-7-4-16(23)5-8-18/h4-9,14H,10-13,15H2,1-3H3,(H,24,25,28). The highest BCUT2D eigenvalue weighted by Crippen LogP contribution is 2.19. The van der Waals surface area contributed by atoms with E-state index in [1.807, 2.05) is 26.8 Å². The molecule has 1 fully saturated rings. The number of hydrogen-bond donors (Lipinski definition) is 1. The Morgan fingerprint density at radius 2 is 1.74 bits per heavy atom. The quantitative estimate of drug-likeness (QED) is 0.784. The second kappa shape index (κ2) is 9.63. The molecule has 1 aliphatic rings. The zero-order valence-electron chi connectivity index (χ0n) is 17.9. The lowest BCUT2D eigenvalue weighted by atomic mass is 10.2. The molecule has 1 aromatic carbocycles. The van der Waals surface area contributed by atoms with E-state index in [2.05, 4.69) is 15.2 Å². The minimum absolute atomic E-state index is 0.207. The monoisotopic (exact) mass is 430 g/mol. The van der Waals surface area contributed by atoms with E-state index in [1.54, 1.807) is 17.2 Å². The van der Waals surface area contributed by atoms with Gasteiger partial charge in [0.25, 0.3) is 5.91 Å². The summed E-state index contributed by atoms with van der Waals surface area (Å²) in [6.07, 6.45) is 1.38. The maximum absolute atomic E-state index is 12.9. The third kappa shape index (κ3) is 6.84. The van der Waals surface area contributed by atoms with Gasteiger partial charge in [-0.15, -0.1) is 0 Å². The molecule has 1 aliphatic heterocycles. The number of benzene rings is 1. The SMILES string of the molecule is CC(C)(C)OC(=O)N1CCN(c2ccc(NC(=O)COc3ccc(F)cc3)nc2)CC1. The van der Waals surface area contributed by atoms with Gasteiger partial charge in [-0.3, -0.25) is 4.79 Å². The van der Waals surface area contributed by atoms with Crippen LogP contribution in [-0.4, -0.2) is 60.3 Å². The first kappa shape index (κ1) is 22.3. The molecule has 8 nitrogen and oxygen atoms in total. The van der Waals surface area contributed by atoms with Crippen LogP contribution in [0.3, 0.4) is 0 Å². The first-order valence-corrected chi connectivity index (χ1v) is 10.1. The highest BCUT2D eigenvalue weighted by molar-refractivity contribution is 5.91. The average Bonchev–Trinajstić information content (AvgIpc) is 2.73. The fraction of sp³-hybridized carbons (Fsp3) is 0.409. The van der Waals surface area contributed by atoms with Crippen LogP contribution >= 0.6 is 0 Å². The van der Waals surface area contributed by atoms with Gasteiger partial charge in [0.1, 0.15) is 23.0 Å². The normalized spacial score (nSPS) is 14.2. The molecule has 2 amide bonds. The molecule has 0 spiro atoms. The molecule has 0 unspecified atom stereocenters. The summed E-state index contributed by atoms with van der Waals surface area (Å²) in [5.74, 6) is 0.0807. The Labute approximate surface area is 181 Å². The Bertz CT molecular complexity index is 889.